The van der Waals surface area contributed by atoms with Gasteiger partial charge in [0.05, 0.1) is 6.04 Å². The highest BCUT2D eigenvalue weighted by Crippen LogP contribution is 2.26. The second-order valence-electron chi connectivity index (χ2n) is 4.09. The zero-order chi connectivity index (χ0) is 9.97. The predicted molar refractivity (Wildman–Crippen MR) is 54.9 cm³/mol. The SMILES string of the molecule is CCCc1nc(C2NCCC2C)n[nH]1. The Balaban J connectivity index is 2.08. The van der Waals surface area contributed by atoms with Gasteiger partial charge in [-0.15, -0.1) is 0 Å². The predicted octanol–water partition coefficient (Wildman–Crippen LogP) is 1.43. The molecule has 0 aliphatic carbocycles. The molecule has 4 nitrogen and oxygen atoms in total. The summed E-state index contributed by atoms with van der Waals surface area (Å²) in [5.41, 5.74) is 0. The van der Waals surface area contributed by atoms with Gasteiger partial charge in [0.1, 0.15) is 5.82 Å². The van der Waals surface area contributed by atoms with Crippen LogP contribution in [0.2, 0.25) is 0 Å². The molecule has 2 atom stereocenters. The average Bonchev–Trinajstić information content (AvgIpc) is 2.74. The minimum atomic E-state index is 0.358. The quantitative estimate of drug-likeness (QED) is 0.765. The summed E-state index contributed by atoms with van der Waals surface area (Å²) in [4.78, 5) is 4.50. The van der Waals surface area contributed by atoms with Gasteiger partial charge in [0.2, 0.25) is 0 Å². The maximum atomic E-state index is 4.50. The lowest BCUT2D eigenvalue weighted by Crippen LogP contribution is -2.17. The van der Waals surface area contributed by atoms with Crippen LogP contribution < -0.4 is 5.32 Å². The van der Waals surface area contributed by atoms with E-state index in [2.05, 4.69) is 34.3 Å². The lowest BCUT2D eigenvalue weighted by atomic mass is 10.0. The van der Waals surface area contributed by atoms with Gasteiger partial charge < -0.3 is 5.32 Å². The summed E-state index contributed by atoms with van der Waals surface area (Å²) < 4.78 is 0. The van der Waals surface area contributed by atoms with E-state index in [0.29, 0.717) is 12.0 Å². The number of aromatic amines is 1. The van der Waals surface area contributed by atoms with Gasteiger partial charge in [-0.1, -0.05) is 13.8 Å². The lowest BCUT2D eigenvalue weighted by molar-refractivity contribution is 0.480. The molecule has 0 saturated carbocycles. The van der Waals surface area contributed by atoms with Crippen molar-refractivity contribution < 1.29 is 0 Å². The van der Waals surface area contributed by atoms with Gasteiger partial charge >= 0.3 is 0 Å². The Hall–Kier alpha value is -0.900. The van der Waals surface area contributed by atoms with E-state index in [0.717, 1.165) is 31.0 Å². The molecule has 2 heterocycles. The van der Waals surface area contributed by atoms with Crippen LogP contribution in [0.25, 0.3) is 0 Å². The van der Waals surface area contributed by atoms with Crippen LogP contribution in [0.3, 0.4) is 0 Å². The molecule has 78 valence electrons. The van der Waals surface area contributed by atoms with Crippen molar-refractivity contribution in [2.45, 2.75) is 39.2 Å². The molecular weight excluding hydrogens is 176 g/mol. The molecule has 2 N–H and O–H groups in total. The van der Waals surface area contributed by atoms with Crippen molar-refractivity contribution in [3.05, 3.63) is 11.6 Å². The molecule has 1 aromatic heterocycles. The molecule has 2 rings (SSSR count). The Morgan fingerprint density at radius 2 is 2.36 bits per heavy atom. The maximum Gasteiger partial charge on any atom is 0.167 e. The Morgan fingerprint density at radius 1 is 1.50 bits per heavy atom. The van der Waals surface area contributed by atoms with E-state index < -0.39 is 0 Å². The zero-order valence-electron chi connectivity index (χ0n) is 8.88. The standard InChI is InChI=1S/C10H18N4/c1-3-4-8-12-10(14-13-8)9-7(2)5-6-11-9/h7,9,11H,3-6H2,1-2H3,(H,12,13,14). The third-order valence-electron chi connectivity index (χ3n) is 2.85. The van der Waals surface area contributed by atoms with Gasteiger partial charge in [-0.05, 0) is 25.3 Å². The monoisotopic (exact) mass is 194 g/mol. The molecule has 0 amide bonds. The van der Waals surface area contributed by atoms with Gasteiger partial charge in [-0.2, -0.15) is 5.10 Å². The Labute approximate surface area is 84.5 Å². The molecule has 1 aromatic rings. The minimum absolute atomic E-state index is 0.358. The van der Waals surface area contributed by atoms with Gasteiger partial charge in [-0.25, -0.2) is 4.98 Å². The number of nitrogens with zero attached hydrogens (tertiary/aromatic N) is 2. The average molecular weight is 194 g/mol. The molecule has 1 fully saturated rings. The first kappa shape index (κ1) is 9.65. The van der Waals surface area contributed by atoms with Gasteiger partial charge in [0, 0.05) is 6.42 Å². The van der Waals surface area contributed by atoms with Crippen LogP contribution in [-0.4, -0.2) is 21.7 Å². The molecule has 1 saturated heterocycles. The van der Waals surface area contributed by atoms with E-state index in [1.807, 2.05) is 0 Å². The third-order valence-corrected chi connectivity index (χ3v) is 2.85. The van der Waals surface area contributed by atoms with Crippen molar-refractivity contribution in [2.24, 2.45) is 5.92 Å². The van der Waals surface area contributed by atoms with E-state index in [9.17, 15) is 0 Å². The number of nitrogens with one attached hydrogen (secondary N) is 2. The van der Waals surface area contributed by atoms with Crippen LogP contribution in [0.5, 0.6) is 0 Å². The van der Waals surface area contributed by atoms with Crippen molar-refractivity contribution in [1.82, 2.24) is 20.5 Å². The van der Waals surface area contributed by atoms with Crippen molar-refractivity contribution in [3.8, 4) is 0 Å². The first-order chi connectivity index (χ1) is 6.81. The van der Waals surface area contributed by atoms with E-state index in [1.165, 1.54) is 6.42 Å². The highest BCUT2D eigenvalue weighted by Gasteiger charge is 2.27. The number of hydrogen-bond donors (Lipinski definition) is 2. The molecule has 0 radical (unpaired) electrons. The number of rotatable bonds is 3. The molecule has 4 heteroatoms. The van der Waals surface area contributed by atoms with Crippen LogP contribution in [0.15, 0.2) is 0 Å². The van der Waals surface area contributed by atoms with Crippen molar-refractivity contribution in [2.75, 3.05) is 6.54 Å². The second-order valence-corrected chi connectivity index (χ2v) is 4.09. The second kappa shape index (κ2) is 4.09. The van der Waals surface area contributed by atoms with Gasteiger partial charge in [0.15, 0.2) is 5.82 Å². The van der Waals surface area contributed by atoms with Gasteiger partial charge in [-0.3, -0.25) is 5.10 Å². The van der Waals surface area contributed by atoms with E-state index in [1.54, 1.807) is 0 Å². The summed E-state index contributed by atoms with van der Waals surface area (Å²) in [6.07, 6.45) is 3.33. The fraction of sp³-hybridized carbons (Fsp3) is 0.800. The summed E-state index contributed by atoms with van der Waals surface area (Å²) in [5.74, 6) is 2.61. The molecule has 0 spiro atoms. The van der Waals surface area contributed by atoms with Crippen LogP contribution in [0, 0.1) is 5.92 Å². The number of aromatic nitrogens is 3. The fourth-order valence-electron chi connectivity index (χ4n) is 1.98. The smallest absolute Gasteiger partial charge is 0.167 e. The summed E-state index contributed by atoms with van der Waals surface area (Å²) in [5, 5.41) is 10.7. The van der Waals surface area contributed by atoms with Crippen molar-refractivity contribution in [1.29, 1.82) is 0 Å². The molecule has 0 bridgehead atoms. The summed E-state index contributed by atoms with van der Waals surface area (Å²) in [7, 11) is 0. The van der Waals surface area contributed by atoms with E-state index in [-0.39, 0.29) is 0 Å². The molecule has 1 aliphatic heterocycles. The zero-order valence-corrected chi connectivity index (χ0v) is 8.88. The topological polar surface area (TPSA) is 53.6 Å². The number of aryl methyl sites for hydroxylation is 1. The minimum Gasteiger partial charge on any atom is -0.307 e. The van der Waals surface area contributed by atoms with Crippen molar-refractivity contribution >= 4 is 0 Å². The van der Waals surface area contributed by atoms with Gasteiger partial charge in [0.25, 0.3) is 0 Å². The Morgan fingerprint density at radius 3 is 3.00 bits per heavy atom. The lowest BCUT2D eigenvalue weighted by Gasteiger charge is -2.10. The highest BCUT2D eigenvalue weighted by molar-refractivity contribution is 5.01. The van der Waals surface area contributed by atoms with Crippen LogP contribution in [-0.2, 0) is 6.42 Å². The first-order valence-electron chi connectivity index (χ1n) is 5.45. The Kier molecular flexibility index (Phi) is 2.82. The third kappa shape index (κ3) is 1.80. The molecule has 1 aliphatic rings. The molecule has 14 heavy (non-hydrogen) atoms. The fourth-order valence-corrected chi connectivity index (χ4v) is 1.98. The number of hydrogen-bond acceptors (Lipinski definition) is 3. The summed E-state index contributed by atoms with van der Waals surface area (Å²) in [6, 6.07) is 0.358. The summed E-state index contributed by atoms with van der Waals surface area (Å²) >= 11 is 0. The molecule has 0 aromatic carbocycles. The normalized spacial score (nSPS) is 27.0. The number of H-pyrrole nitrogens is 1. The molecule has 2 unspecified atom stereocenters. The highest BCUT2D eigenvalue weighted by atomic mass is 15.2. The van der Waals surface area contributed by atoms with Crippen LogP contribution >= 0.6 is 0 Å². The summed E-state index contributed by atoms with van der Waals surface area (Å²) in [6.45, 7) is 5.49. The first-order valence-corrected chi connectivity index (χ1v) is 5.45. The van der Waals surface area contributed by atoms with E-state index >= 15 is 0 Å². The Bertz CT molecular complexity index is 294. The van der Waals surface area contributed by atoms with Crippen LogP contribution in [0.1, 0.15) is 44.4 Å². The van der Waals surface area contributed by atoms with Crippen molar-refractivity contribution in [3.63, 3.8) is 0 Å². The largest absolute Gasteiger partial charge is 0.307 e. The maximum absolute atomic E-state index is 4.50. The van der Waals surface area contributed by atoms with Crippen LogP contribution in [0.4, 0.5) is 0 Å². The molecular formula is C10H18N4. The van der Waals surface area contributed by atoms with E-state index in [4.69, 9.17) is 0 Å².